The molecule has 112 valence electrons. The van der Waals surface area contributed by atoms with Crippen LogP contribution in [0, 0.1) is 0 Å². The molecule has 2 rings (SSSR count). The van der Waals surface area contributed by atoms with E-state index in [1.165, 1.54) is 17.5 Å². The quantitative estimate of drug-likeness (QED) is 0.656. The number of hydrogen-bond acceptors (Lipinski definition) is 3. The molecular formula is C17H28N2O. The Morgan fingerprint density at radius 2 is 1.85 bits per heavy atom. The molecule has 0 bridgehead atoms. The summed E-state index contributed by atoms with van der Waals surface area (Å²) in [6, 6.07) is 8.79. The second-order valence-electron chi connectivity index (χ2n) is 7.09. The summed E-state index contributed by atoms with van der Waals surface area (Å²) in [5.41, 5.74) is 5.46. The Morgan fingerprint density at radius 3 is 2.30 bits per heavy atom. The third-order valence-electron chi connectivity index (χ3n) is 4.39. The van der Waals surface area contributed by atoms with E-state index in [0.29, 0.717) is 0 Å². The number of benzene rings is 1. The molecule has 2 unspecified atom stereocenters. The standard InChI is InChI=1S/C17H28N2O/c1-16(2,3)14-9-7-13(8-10-14)15(19-18)17(4)11-5-6-12-20-17/h7-10,15,19H,5-6,11-12,18H2,1-4H3. The SMILES string of the molecule is CC(C)(C)c1ccc(C(NN)C2(C)CCCCO2)cc1. The van der Waals surface area contributed by atoms with E-state index in [0.717, 1.165) is 19.4 Å². The van der Waals surface area contributed by atoms with Gasteiger partial charge in [-0.05, 0) is 42.7 Å². The first-order chi connectivity index (χ1) is 9.37. The molecule has 1 aliphatic rings. The highest BCUT2D eigenvalue weighted by atomic mass is 16.5. The third-order valence-corrected chi connectivity index (χ3v) is 4.39. The minimum atomic E-state index is -0.212. The third kappa shape index (κ3) is 3.22. The van der Waals surface area contributed by atoms with Crippen LogP contribution in [-0.4, -0.2) is 12.2 Å². The predicted octanol–water partition coefficient (Wildman–Crippen LogP) is 3.45. The van der Waals surface area contributed by atoms with Crippen LogP contribution in [0.1, 0.15) is 64.1 Å². The van der Waals surface area contributed by atoms with Crippen molar-refractivity contribution in [2.75, 3.05) is 6.61 Å². The Hall–Kier alpha value is -0.900. The van der Waals surface area contributed by atoms with Gasteiger partial charge in [-0.1, -0.05) is 45.0 Å². The van der Waals surface area contributed by atoms with Crippen LogP contribution in [0.25, 0.3) is 0 Å². The van der Waals surface area contributed by atoms with E-state index in [1.807, 2.05) is 0 Å². The molecule has 0 spiro atoms. The summed E-state index contributed by atoms with van der Waals surface area (Å²) in [7, 11) is 0. The molecule has 0 radical (unpaired) electrons. The van der Waals surface area contributed by atoms with Gasteiger partial charge in [-0.15, -0.1) is 0 Å². The average molecular weight is 276 g/mol. The first kappa shape index (κ1) is 15.5. The molecule has 1 fully saturated rings. The average Bonchev–Trinajstić information content (AvgIpc) is 2.39. The van der Waals surface area contributed by atoms with E-state index in [9.17, 15) is 0 Å². The lowest BCUT2D eigenvalue weighted by molar-refractivity contribution is -0.0898. The van der Waals surface area contributed by atoms with Gasteiger partial charge in [0.25, 0.3) is 0 Å². The summed E-state index contributed by atoms with van der Waals surface area (Å²) in [4.78, 5) is 0. The molecule has 0 saturated carbocycles. The summed E-state index contributed by atoms with van der Waals surface area (Å²) < 4.78 is 6.03. The van der Waals surface area contributed by atoms with E-state index < -0.39 is 0 Å². The van der Waals surface area contributed by atoms with Crippen molar-refractivity contribution in [1.82, 2.24) is 5.43 Å². The van der Waals surface area contributed by atoms with Crippen LogP contribution in [0.4, 0.5) is 0 Å². The molecular weight excluding hydrogens is 248 g/mol. The summed E-state index contributed by atoms with van der Waals surface area (Å²) >= 11 is 0. The topological polar surface area (TPSA) is 47.3 Å². The second kappa shape index (κ2) is 5.84. The minimum absolute atomic E-state index is 0.0387. The van der Waals surface area contributed by atoms with Crippen LogP contribution >= 0.6 is 0 Å². The normalized spacial score (nSPS) is 25.4. The Balaban J connectivity index is 2.23. The fourth-order valence-electron chi connectivity index (χ4n) is 2.98. The number of hydrogen-bond donors (Lipinski definition) is 2. The van der Waals surface area contributed by atoms with Gasteiger partial charge in [0, 0.05) is 6.61 Å². The number of ether oxygens (including phenoxy) is 1. The molecule has 1 aromatic carbocycles. The van der Waals surface area contributed by atoms with Crippen LogP contribution < -0.4 is 11.3 Å². The Morgan fingerprint density at radius 1 is 1.20 bits per heavy atom. The molecule has 3 N–H and O–H groups in total. The monoisotopic (exact) mass is 276 g/mol. The van der Waals surface area contributed by atoms with Gasteiger partial charge in [0.1, 0.15) is 0 Å². The highest BCUT2D eigenvalue weighted by Gasteiger charge is 2.37. The number of rotatable bonds is 3. The largest absolute Gasteiger partial charge is 0.373 e. The zero-order valence-electron chi connectivity index (χ0n) is 13.2. The highest BCUT2D eigenvalue weighted by Crippen LogP contribution is 2.36. The van der Waals surface area contributed by atoms with Gasteiger partial charge in [-0.25, -0.2) is 0 Å². The number of hydrazine groups is 1. The summed E-state index contributed by atoms with van der Waals surface area (Å²) in [5.74, 6) is 5.81. The lowest BCUT2D eigenvalue weighted by Crippen LogP contribution is -2.48. The van der Waals surface area contributed by atoms with Gasteiger partial charge in [0.2, 0.25) is 0 Å². The highest BCUT2D eigenvalue weighted by molar-refractivity contribution is 5.30. The molecule has 2 atom stereocenters. The van der Waals surface area contributed by atoms with E-state index in [-0.39, 0.29) is 17.1 Å². The van der Waals surface area contributed by atoms with E-state index >= 15 is 0 Å². The van der Waals surface area contributed by atoms with Gasteiger partial charge in [-0.2, -0.15) is 0 Å². The predicted molar refractivity (Wildman–Crippen MR) is 83.4 cm³/mol. The maximum absolute atomic E-state index is 6.03. The molecule has 1 aromatic rings. The molecule has 20 heavy (non-hydrogen) atoms. The molecule has 3 heteroatoms. The van der Waals surface area contributed by atoms with Gasteiger partial charge in [-0.3, -0.25) is 11.3 Å². The Bertz CT molecular complexity index is 427. The summed E-state index contributed by atoms with van der Waals surface area (Å²) in [5, 5.41) is 0. The van der Waals surface area contributed by atoms with Crippen LogP contribution in [0.3, 0.4) is 0 Å². The number of nitrogens with one attached hydrogen (secondary N) is 1. The van der Waals surface area contributed by atoms with Crippen molar-refractivity contribution in [1.29, 1.82) is 0 Å². The smallest absolute Gasteiger partial charge is 0.0861 e. The van der Waals surface area contributed by atoms with Crippen molar-refractivity contribution in [2.45, 2.75) is 64.0 Å². The van der Waals surface area contributed by atoms with Gasteiger partial charge < -0.3 is 4.74 Å². The maximum atomic E-state index is 6.03. The fraction of sp³-hybridized carbons (Fsp3) is 0.647. The van der Waals surface area contributed by atoms with Crippen molar-refractivity contribution in [3.8, 4) is 0 Å². The molecule has 1 heterocycles. The fourth-order valence-corrected chi connectivity index (χ4v) is 2.98. The van der Waals surface area contributed by atoms with Crippen molar-refractivity contribution in [3.63, 3.8) is 0 Å². The first-order valence-electron chi connectivity index (χ1n) is 7.57. The van der Waals surface area contributed by atoms with Crippen molar-refractivity contribution >= 4 is 0 Å². The number of nitrogens with two attached hydrogens (primary N) is 1. The van der Waals surface area contributed by atoms with Crippen LogP contribution in [0.5, 0.6) is 0 Å². The molecule has 0 aliphatic carbocycles. The summed E-state index contributed by atoms with van der Waals surface area (Å²) in [6.45, 7) is 9.67. The van der Waals surface area contributed by atoms with Crippen molar-refractivity contribution in [3.05, 3.63) is 35.4 Å². The van der Waals surface area contributed by atoms with Crippen molar-refractivity contribution in [2.24, 2.45) is 5.84 Å². The van der Waals surface area contributed by atoms with Gasteiger partial charge >= 0.3 is 0 Å². The Labute approximate surface area is 122 Å². The minimum Gasteiger partial charge on any atom is -0.373 e. The lowest BCUT2D eigenvalue weighted by atomic mass is 9.82. The zero-order valence-corrected chi connectivity index (χ0v) is 13.2. The summed E-state index contributed by atoms with van der Waals surface area (Å²) in [6.07, 6.45) is 3.40. The van der Waals surface area contributed by atoms with Crippen LogP contribution in [0.2, 0.25) is 0 Å². The molecule has 0 aromatic heterocycles. The van der Waals surface area contributed by atoms with Crippen LogP contribution in [-0.2, 0) is 10.2 Å². The molecule has 3 nitrogen and oxygen atoms in total. The van der Waals surface area contributed by atoms with E-state index in [1.54, 1.807) is 0 Å². The van der Waals surface area contributed by atoms with Crippen molar-refractivity contribution < 1.29 is 4.74 Å². The van der Waals surface area contributed by atoms with E-state index in [2.05, 4.69) is 57.4 Å². The molecule has 1 saturated heterocycles. The zero-order chi connectivity index (χ0) is 14.8. The maximum Gasteiger partial charge on any atom is 0.0861 e. The molecule has 0 amide bonds. The van der Waals surface area contributed by atoms with Crippen LogP contribution in [0.15, 0.2) is 24.3 Å². The van der Waals surface area contributed by atoms with Gasteiger partial charge in [0.15, 0.2) is 0 Å². The second-order valence-corrected chi connectivity index (χ2v) is 7.09. The van der Waals surface area contributed by atoms with E-state index in [4.69, 9.17) is 10.6 Å². The molecule has 1 aliphatic heterocycles. The van der Waals surface area contributed by atoms with Gasteiger partial charge in [0.05, 0.1) is 11.6 Å². The first-order valence-corrected chi connectivity index (χ1v) is 7.57. The lowest BCUT2D eigenvalue weighted by Gasteiger charge is -2.40. The Kier molecular flexibility index (Phi) is 4.52.